The van der Waals surface area contributed by atoms with Gasteiger partial charge in [0, 0.05) is 38.2 Å². The van der Waals surface area contributed by atoms with Crippen molar-refractivity contribution in [2.24, 2.45) is 0 Å². The summed E-state index contributed by atoms with van der Waals surface area (Å²) in [6, 6.07) is 8.69. The molecule has 1 aromatic heterocycles. The van der Waals surface area contributed by atoms with Crippen LogP contribution in [0.15, 0.2) is 36.7 Å². The summed E-state index contributed by atoms with van der Waals surface area (Å²) in [5, 5.41) is 4.25. The normalized spacial score (nSPS) is 18.2. The lowest BCUT2D eigenvalue weighted by Crippen LogP contribution is -2.39. The van der Waals surface area contributed by atoms with Gasteiger partial charge in [0.15, 0.2) is 0 Å². The quantitative estimate of drug-likeness (QED) is 0.869. The smallest absolute Gasteiger partial charge is 0.224 e. The van der Waals surface area contributed by atoms with Crippen LogP contribution in [0, 0.1) is 13.8 Å². The van der Waals surface area contributed by atoms with Crippen molar-refractivity contribution >= 4 is 5.91 Å². The van der Waals surface area contributed by atoms with Gasteiger partial charge in [-0.2, -0.15) is 5.10 Å². The molecule has 1 atom stereocenters. The molecule has 1 aliphatic heterocycles. The number of aryl methyl sites for hydroxylation is 3. The number of piperidine rings is 1. The van der Waals surface area contributed by atoms with E-state index in [1.54, 1.807) is 0 Å². The van der Waals surface area contributed by atoms with Crippen LogP contribution in [0.3, 0.4) is 0 Å². The zero-order chi connectivity index (χ0) is 16.2. The van der Waals surface area contributed by atoms with Crippen molar-refractivity contribution in [3.63, 3.8) is 0 Å². The summed E-state index contributed by atoms with van der Waals surface area (Å²) in [6.07, 6.45) is 6.61. The number of nitrogens with zero attached hydrogens (tertiary/aromatic N) is 3. The first kappa shape index (κ1) is 15.8. The summed E-state index contributed by atoms with van der Waals surface area (Å²) in [7, 11) is 0. The monoisotopic (exact) mass is 311 g/mol. The number of carbonyl (C=O) groups excluding carboxylic acids is 1. The fourth-order valence-corrected chi connectivity index (χ4v) is 3.36. The standard InChI is InChI=1S/C19H25N3O/c1-15-5-3-6-17(11-15)18-7-4-9-21(14-18)19(23)8-10-22-13-16(2)12-20-22/h3,5-6,11-13,18H,4,7-10,14H2,1-2H3. The van der Waals surface area contributed by atoms with Crippen molar-refractivity contribution in [1.82, 2.24) is 14.7 Å². The van der Waals surface area contributed by atoms with Crippen LogP contribution in [0.4, 0.5) is 0 Å². The molecular formula is C19H25N3O. The van der Waals surface area contributed by atoms with Crippen LogP contribution in [0.2, 0.25) is 0 Å². The van der Waals surface area contributed by atoms with E-state index in [9.17, 15) is 4.79 Å². The Morgan fingerprint density at radius 1 is 1.30 bits per heavy atom. The van der Waals surface area contributed by atoms with Crippen molar-refractivity contribution < 1.29 is 4.79 Å². The lowest BCUT2D eigenvalue weighted by Gasteiger charge is -2.33. The van der Waals surface area contributed by atoms with E-state index < -0.39 is 0 Å². The molecule has 0 spiro atoms. The Balaban J connectivity index is 1.58. The average molecular weight is 311 g/mol. The van der Waals surface area contributed by atoms with Gasteiger partial charge >= 0.3 is 0 Å². The summed E-state index contributed by atoms with van der Waals surface area (Å²) in [5.41, 5.74) is 3.79. The Labute approximate surface area is 138 Å². The van der Waals surface area contributed by atoms with E-state index in [2.05, 4.69) is 36.3 Å². The molecule has 0 radical (unpaired) electrons. The maximum atomic E-state index is 12.5. The topological polar surface area (TPSA) is 38.1 Å². The molecule has 1 aliphatic rings. The first-order chi connectivity index (χ1) is 11.1. The number of carbonyl (C=O) groups is 1. The minimum Gasteiger partial charge on any atom is -0.342 e. The maximum absolute atomic E-state index is 12.5. The molecule has 0 saturated carbocycles. The average Bonchev–Trinajstić information content (AvgIpc) is 2.98. The van der Waals surface area contributed by atoms with E-state index in [-0.39, 0.29) is 5.91 Å². The van der Waals surface area contributed by atoms with E-state index in [0.717, 1.165) is 25.1 Å². The highest BCUT2D eigenvalue weighted by molar-refractivity contribution is 5.76. The Morgan fingerprint density at radius 3 is 2.91 bits per heavy atom. The van der Waals surface area contributed by atoms with Crippen LogP contribution in [0.1, 0.15) is 41.9 Å². The van der Waals surface area contributed by atoms with Crippen molar-refractivity contribution in [3.8, 4) is 0 Å². The lowest BCUT2D eigenvalue weighted by molar-refractivity contribution is -0.132. The van der Waals surface area contributed by atoms with E-state index in [0.29, 0.717) is 18.9 Å². The predicted molar refractivity (Wildman–Crippen MR) is 91.3 cm³/mol. The van der Waals surface area contributed by atoms with Gasteiger partial charge in [0.05, 0.1) is 6.20 Å². The molecule has 2 aromatic rings. The van der Waals surface area contributed by atoms with Gasteiger partial charge in [-0.25, -0.2) is 0 Å². The summed E-state index contributed by atoms with van der Waals surface area (Å²) in [4.78, 5) is 14.5. The molecule has 23 heavy (non-hydrogen) atoms. The van der Waals surface area contributed by atoms with Gasteiger partial charge in [0.1, 0.15) is 0 Å². The minimum absolute atomic E-state index is 0.246. The Bertz CT molecular complexity index is 677. The van der Waals surface area contributed by atoms with Gasteiger partial charge in [0.25, 0.3) is 0 Å². The number of aromatic nitrogens is 2. The van der Waals surface area contributed by atoms with Gasteiger partial charge in [-0.05, 0) is 37.8 Å². The number of rotatable bonds is 4. The number of hydrogen-bond acceptors (Lipinski definition) is 2. The zero-order valence-electron chi connectivity index (χ0n) is 14.0. The molecule has 4 nitrogen and oxygen atoms in total. The molecule has 1 amide bonds. The van der Waals surface area contributed by atoms with E-state index >= 15 is 0 Å². The molecule has 0 N–H and O–H groups in total. The summed E-state index contributed by atoms with van der Waals surface area (Å²) in [5.74, 6) is 0.718. The number of benzene rings is 1. The summed E-state index contributed by atoms with van der Waals surface area (Å²) < 4.78 is 1.86. The third-order valence-corrected chi connectivity index (χ3v) is 4.60. The highest BCUT2D eigenvalue weighted by Crippen LogP contribution is 2.27. The lowest BCUT2D eigenvalue weighted by atomic mass is 9.89. The molecule has 1 fully saturated rings. The Morgan fingerprint density at radius 2 is 2.17 bits per heavy atom. The molecule has 4 heteroatoms. The second-order valence-corrected chi connectivity index (χ2v) is 6.62. The van der Waals surface area contributed by atoms with Crippen LogP contribution in [0.5, 0.6) is 0 Å². The fraction of sp³-hybridized carbons (Fsp3) is 0.474. The number of hydrogen-bond donors (Lipinski definition) is 0. The van der Waals surface area contributed by atoms with Gasteiger partial charge < -0.3 is 4.90 Å². The third kappa shape index (κ3) is 4.01. The molecule has 2 heterocycles. The maximum Gasteiger partial charge on any atom is 0.224 e. The highest BCUT2D eigenvalue weighted by atomic mass is 16.2. The van der Waals surface area contributed by atoms with Gasteiger partial charge in [0.2, 0.25) is 5.91 Å². The summed E-state index contributed by atoms with van der Waals surface area (Å²) in [6.45, 7) is 6.54. The first-order valence-corrected chi connectivity index (χ1v) is 8.45. The van der Waals surface area contributed by atoms with Crippen LogP contribution in [-0.2, 0) is 11.3 Å². The van der Waals surface area contributed by atoms with Crippen molar-refractivity contribution in [2.45, 2.75) is 45.6 Å². The second kappa shape index (κ2) is 6.99. The molecule has 3 rings (SSSR count). The predicted octanol–water partition coefficient (Wildman–Crippen LogP) is 3.30. The zero-order valence-corrected chi connectivity index (χ0v) is 14.0. The van der Waals surface area contributed by atoms with Crippen LogP contribution >= 0.6 is 0 Å². The fourth-order valence-electron chi connectivity index (χ4n) is 3.36. The Kier molecular flexibility index (Phi) is 4.79. The van der Waals surface area contributed by atoms with Crippen LogP contribution < -0.4 is 0 Å². The Hall–Kier alpha value is -2.10. The second-order valence-electron chi connectivity index (χ2n) is 6.62. The highest BCUT2D eigenvalue weighted by Gasteiger charge is 2.24. The number of amides is 1. The van der Waals surface area contributed by atoms with Crippen molar-refractivity contribution in [2.75, 3.05) is 13.1 Å². The molecule has 0 bridgehead atoms. The van der Waals surface area contributed by atoms with E-state index in [1.165, 1.54) is 17.5 Å². The van der Waals surface area contributed by atoms with Crippen LogP contribution in [-0.4, -0.2) is 33.7 Å². The summed E-state index contributed by atoms with van der Waals surface area (Å²) >= 11 is 0. The molecule has 1 aromatic carbocycles. The largest absolute Gasteiger partial charge is 0.342 e. The van der Waals surface area contributed by atoms with Crippen LogP contribution in [0.25, 0.3) is 0 Å². The van der Waals surface area contributed by atoms with Crippen molar-refractivity contribution in [3.05, 3.63) is 53.3 Å². The third-order valence-electron chi connectivity index (χ3n) is 4.60. The van der Waals surface area contributed by atoms with Crippen molar-refractivity contribution in [1.29, 1.82) is 0 Å². The van der Waals surface area contributed by atoms with E-state index in [4.69, 9.17) is 0 Å². The number of likely N-dealkylation sites (tertiary alicyclic amines) is 1. The van der Waals surface area contributed by atoms with Gasteiger partial charge in [-0.15, -0.1) is 0 Å². The minimum atomic E-state index is 0.246. The molecule has 1 saturated heterocycles. The molecule has 0 aliphatic carbocycles. The molecular weight excluding hydrogens is 286 g/mol. The van der Waals surface area contributed by atoms with Gasteiger partial charge in [-0.1, -0.05) is 29.8 Å². The SMILES string of the molecule is Cc1cccc(C2CCCN(C(=O)CCn3cc(C)cn3)C2)c1. The van der Waals surface area contributed by atoms with Gasteiger partial charge in [-0.3, -0.25) is 9.48 Å². The molecule has 1 unspecified atom stereocenters. The van der Waals surface area contributed by atoms with E-state index in [1.807, 2.05) is 28.9 Å². The first-order valence-electron chi connectivity index (χ1n) is 8.45. The molecule has 122 valence electrons.